The summed E-state index contributed by atoms with van der Waals surface area (Å²) in [4.78, 5) is 23.8. The maximum absolute atomic E-state index is 12.5. The van der Waals surface area contributed by atoms with Gasteiger partial charge in [0.15, 0.2) is 0 Å². The molecule has 25 heavy (non-hydrogen) atoms. The van der Waals surface area contributed by atoms with E-state index in [0.29, 0.717) is 18.4 Å². The van der Waals surface area contributed by atoms with Gasteiger partial charge < -0.3 is 10.4 Å². The van der Waals surface area contributed by atoms with Gasteiger partial charge >= 0.3 is 5.97 Å². The first-order valence-corrected chi connectivity index (χ1v) is 9.89. The number of nitrogens with one attached hydrogen (secondary N) is 2. The summed E-state index contributed by atoms with van der Waals surface area (Å²) >= 11 is 0. The minimum Gasteiger partial charge on any atom is -0.480 e. The molecule has 1 fully saturated rings. The lowest BCUT2D eigenvalue weighted by Crippen LogP contribution is -2.41. The van der Waals surface area contributed by atoms with Crippen LogP contribution < -0.4 is 10.0 Å². The molecule has 0 aliphatic heterocycles. The number of hydrogen-bond acceptors (Lipinski definition) is 4. The van der Waals surface area contributed by atoms with Crippen molar-refractivity contribution in [2.75, 3.05) is 0 Å². The van der Waals surface area contributed by atoms with E-state index in [1.165, 1.54) is 12.1 Å². The molecule has 2 rings (SSSR count). The van der Waals surface area contributed by atoms with Crippen molar-refractivity contribution < 1.29 is 23.1 Å². The number of benzene rings is 1. The third-order valence-corrected chi connectivity index (χ3v) is 5.63. The molecule has 0 heterocycles. The Balaban J connectivity index is 2.20. The fraction of sp³-hybridized carbons (Fsp3) is 0.529. The normalized spacial score (nSPS) is 15.6. The summed E-state index contributed by atoms with van der Waals surface area (Å²) in [6.45, 7) is 3.62. The van der Waals surface area contributed by atoms with Crippen molar-refractivity contribution in [2.45, 2.75) is 62.9 Å². The molecule has 0 aromatic heterocycles. The zero-order valence-corrected chi connectivity index (χ0v) is 15.2. The summed E-state index contributed by atoms with van der Waals surface area (Å²) in [6.07, 6.45) is 3.46. The highest BCUT2D eigenvalue weighted by Crippen LogP contribution is 2.23. The number of carboxylic acid groups (broad SMARTS) is 1. The minimum absolute atomic E-state index is 0.00980. The molecule has 0 bridgehead atoms. The zero-order valence-electron chi connectivity index (χ0n) is 14.4. The Morgan fingerprint density at radius 1 is 1.32 bits per heavy atom. The van der Waals surface area contributed by atoms with E-state index in [4.69, 9.17) is 0 Å². The molecule has 0 unspecified atom stereocenters. The predicted molar refractivity (Wildman–Crippen MR) is 92.9 cm³/mol. The zero-order chi connectivity index (χ0) is 18.6. The average Bonchev–Trinajstić information content (AvgIpc) is 3.34. The van der Waals surface area contributed by atoms with Crippen molar-refractivity contribution in [3.8, 4) is 0 Å². The molecular weight excluding hydrogens is 344 g/mol. The fourth-order valence-corrected chi connectivity index (χ4v) is 3.73. The molecule has 138 valence electrons. The number of sulfonamides is 1. The van der Waals surface area contributed by atoms with Crippen molar-refractivity contribution in [3.05, 3.63) is 29.3 Å². The van der Waals surface area contributed by atoms with Gasteiger partial charge in [0.05, 0.1) is 4.90 Å². The quantitative estimate of drug-likeness (QED) is 0.615. The van der Waals surface area contributed by atoms with Crippen LogP contribution in [-0.4, -0.2) is 37.5 Å². The highest BCUT2D eigenvalue weighted by Gasteiger charge is 2.29. The van der Waals surface area contributed by atoms with E-state index < -0.39 is 27.9 Å². The van der Waals surface area contributed by atoms with Crippen molar-refractivity contribution in [1.29, 1.82) is 0 Å². The van der Waals surface area contributed by atoms with Gasteiger partial charge in [0.1, 0.15) is 6.04 Å². The third kappa shape index (κ3) is 5.27. The Labute approximate surface area is 147 Å². The number of aliphatic carboxylic acids is 1. The van der Waals surface area contributed by atoms with E-state index in [2.05, 4.69) is 10.0 Å². The largest absolute Gasteiger partial charge is 0.480 e. The van der Waals surface area contributed by atoms with Gasteiger partial charge in [-0.05, 0) is 43.9 Å². The molecule has 3 N–H and O–H groups in total. The molecule has 8 heteroatoms. The topological polar surface area (TPSA) is 113 Å². The Morgan fingerprint density at radius 3 is 2.56 bits per heavy atom. The van der Waals surface area contributed by atoms with Crippen molar-refractivity contribution in [1.82, 2.24) is 10.0 Å². The van der Waals surface area contributed by atoms with E-state index in [-0.39, 0.29) is 16.5 Å². The number of carbonyl (C=O) groups is 2. The highest BCUT2D eigenvalue weighted by atomic mass is 32.2. The lowest BCUT2D eigenvalue weighted by molar-refractivity contribution is -0.139. The van der Waals surface area contributed by atoms with Crippen LogP contribution in [0.2, 0.25) is 0 Å². The van der Waals surface area contributed by atoms with Crippen LogP contribution in [0.5, 0.6) is 0 Å². The Kier molecular flexibility index (Phi) is 6.18. The number of rotatable bonds is 9. The molecule has 1 amide bonds. The summed E-state index contributed by atoms with van der Waals surface area (Å²) in [6, 6.07) is 3.28. The summed E-state index contributed by atoms with van der Waals surface area (Å²) in [5.41, 5.74) is 0.754. The highest BCUT2D eigenvalue weighted by molar-refractivity contribution is 7.89. The molecule has 1 saturated carbocycles. The molecule has 0 radical (unpaired) electrons. The van der Waals surface area contributed by atoms with Gasteiger partial charge in [-0.1, -0.05) is 25.8 Å². The van der Waals surface area contributed by atoms with E-state index in [1.54, 1.807) is 13.0 Å². The lowest BCUT2D eigenvalue weighted by atomic mass is 10.1. The number of amides is 1. The molecular formula is C17H24N2O5S. The third-order valence-electron chi connectivity index (χ3n) is 4.11. The van der Waals surface area contributed by atoms with E-state index in [0.717, 1.165) is 19.3 Å². The smallest absolute Gasteiger partial charge is 0.326 e. The Bertz CT molecular complexity index is 756. The number of hydrogen-bond donors (Lipinski definition) is 3. The SMILES string of the molecule is CCCC[C@H](NC(=O)c1cc(S(=O)(=O)NC2CC2)ccc1C)C(=O)O. The van der Waals surface area contributed by atoms with Gasteiger partial charge in [-0.3, -0.25) is 4.79 Å². The average molecular weight is 368 g/mol. The number of aryl methyl sites for hydroxylation is 1. The Morgan fingerprint density at radius 2 is 2.00 bits per heavy atom. The van der Waals surface area contributed by atoms with E-state index in [1.807, 2.05) is 6.92 Å². The first-order chi connectivity index (χ1) is 11.7. The van der Waals surface area contributed by atoms with E-state index in [9.17, 15) is 23.1 Å². The van der Waals surface area contributed by atoms with Gasteiger partial charge in [0, 0.05) is 11.6 Å². The number of carbonyl (C=O) groups excluding carboxylic acids is 1. The van der Waals surface area contributed by atoms with Crippen molar-refractivity contribution in [3.63, 3.8) is 0 Å². The maximum atomic E-state index is 12.5. The van der Waals surface area contributed by atoms with Crippen LogP contribution in [-0.2, 0) is 14.8 Å². The fourth-order valence-electron chi connectivity index (χ4n) is 2.40. The van der Waals surface area contributed by atoms with Crippen LogP contribution in [0, 0.1) is 6.92 Å². The van der Waals surface area contributed by atoms with Crippen molar-refractivity contribution >= 4 is 21.9 Å². The molecule has 1 aromatic rings. The summed E-state index contributed by atoms with van der Waals surface area (Å²) in [5.74, 6) is -1.68. The maximum Gasteiger partial charge on any atom is 0.326 e. The second kappa shape index (κ2) is 7.97. The standard InChI is InChI=1S/C17H24N2O5S/c1-3-4-5-15(17(21)22)18-16(20)14-10-13(9-6-11(14)2)25(23,24)19-12-7-8-12/h6,9-10,12,15,19H,3-5,7-8H2,1-2H3,(H,18,20)(H,21,22)/t15-/m0/s1. The van der Waals surface area contributed by atoms with Gasteiger partial charge in [0.2, 0.25) is 10.0 Å². The molecule has 1 aliphatic carbocycles. The van der Waals surface area contributed by atoms with Crippen LogP contribution in [0.1, 0.15) is 54.9 Å². The minimum atomic E-state index is -3.68. The molecule has 7 nitrogen and oxygen atoms in total. The molecule has 1 aromatic carbocycles. The van der Waals surface area contributed by atoms with Gasteiger partial charge in [-0.25, -0.2) is 17.9 Å². The van der Waals surface area contributed by atoms with Crippen LogP contribution >= 0.6 is 0 Å². The van der Waals surface area contributed by atoms with Gasteiger partial charge in [0.25, 0.3) is 5.91 Å². The monoisotopic (exact) mass is 368 g/mol. The number of unbranched alkanes of at least 4 members (excludes halogenated alkanes) is 1. The van der Waals surface area contributed by atoms with Crippen LogP contribution in [0.25, 0.3) is 0 Å². The van der Waals surface area contributed by atoms with Gasteiger partial charge in [-0.15, -0.1) is 0 Å². The summed E-state index contributed by atoms with van der Waals surface area (Å²) < 4.78 is 27.2. The van der Waals surface area contributed by atoms with Gasteiger partial charge in [-0.2, -0.15) is 0 Å². The Hall–Kier alpha value is -1.93. The molecule has 0 saturated heterocycles. The van der Waals surface area contributed by atoms with Crippen LogP contribution in [0.3, 0.4) is 0 Å². The summed E-state index contributed by atoms with van der Waals surface area (Å²) in [5, 5.41) is 11.7. The second-order valence-corrected chi connectivity index (χ2v) is 8.09. The van der Waals surface area contributed by atoms with Crippen LogP contribution in [0.15, 0.2) is 23.1 Å². The summed E-state index contributed by atoms with van der Waals surface area (Å²) in [7, 11) is -3.68. The predicted octanol–water partition coefficient (Wildman–Crippen LogP) is 1.81. The molecule has 1 atom stereocenters. The molecule has 1 aliphatic rings. The number of carboxylic acids is 1. The van der Waals surface area contributed by atoms with E-state index >= 15 is 0 Å². The van der Waals surface area contributed by atoms with Crippen molar-refractivity contribution in [2.24, 2.45) is 0 Å². The van der Waals surface area contributed by atoms with Crippen LogP contribution in [0.4, 0.5) is 0 Å². The lowest BCUT2D eigenvalue weighted by Gasteiger charge is -2.16. The first kappa shape index (κ1) is 19.4. The first-order valence-electron chi connectivity index (χ1n) is 8.41. The molecule has 0 spiro atoms. The second-order valence-electron chi connectivity index (χ2n) is 6.38.